The molecule has 0 saturated heterocycles. The largest absolute Gasteiger partial charge is 0.776 e. The lowest BCUT2D eigenvalue weighted by molar-refractivity contribution is -0.705. The highest BCUT2D eigenvalue weighted by molar-refractivity contribution is 7.74. The van der Waals surface area contributed by atoms with Gasteiger partial charge in [-0.3, -0.25) is 4.57 Å². The third-order valence-electron chi connectivity index (χ3n) is 2.33. The fraction of sp³-hybridized carbons (Fsp3) is 0.375. The molecule has 3 N–H and O–H groups in total. The van der Waals surface area contributed by atoms with Crippen molar-refractivity contribution in [3.63, 3.8) is 0 Å². The minimum absolute atomic E-state index is 0.591. The Labute approximate surface area is 102 Å². The highest BCUT2D eigenvalue weighted by atomic mass is 31.2. The fourth-order valence-electron chi connectivity index (χ4n) is 1.29. The molecule has 10 heteroatoms. The Morgan fingerprint density at radius 2 is 2.06 bits per heavy atom. The van der Waals surface area contributed by atoms with Crippen LogP contribution < -0.4 is 9.46 Å². The molecule has 0 amide bonds. The molecular formula is C8H12FNO6P2. The molecule has 18 heavy (non-hydrogen) atoms. The van der Waals surface area contributed by atoms with Crippen LogP contribution in [0.5, 0.6) is 0 Å². The summed E-state index contributed by atoms with van der Waals surface area (Å²) in [5.41, 5.74) is 0. The minimum Gasteiger partial charge on any atom is -0.776 e. The van der Waals surface area contributed by atoms with Crippen LogP contribution in [0.1, 0.15) is 0 Å². The molecule has 1 aromatic heterocycles. The molecule has 0 saturated carbocycles. The van der Waals surface area contributed by atoms with E-state index in [1.54, 1.807) is 0 Å². The van der Waals surface area contributed by atoms with Crippen molar-refractivity contribution in [2.75, 3.05) is 6.66 Å². The van der Waals surface area contributed by atoms with Gasteiger partial charge >= 0.3 is 0 Å². The van der Waals surface area contributed by atoms with E-state index < -0.39 is 32.4 Å². The molecule has 3 unspecified atom stereocenters. The van der Waals surface area contributed by atoms with Gasteiger partial charge in [0.1, 0.15) is 0 Å². The van der Waals surface area contributed by atoms with Gasteiger partial charge in [0.05, 0.1) is 0 Å². The van der Waals surface area contributed by atoms with E-state index in [0.717, 1.165) is 16.8 Å². The van der Waals surface area contributed by atoms with Crippen molar-refractivity contribution in [3.8, 4) is 0 Å². The average molecular weight is 299 g/mol. The van der Waals surface area contributed by atoms with E-state index in [2.05, 4.69) is 0 Å². The first-order valence-corrected chi connectivity index (χ1v) is 8.37. The molecule has 1 aromatic rings. The maximum absolute atomic E-state index is 12.9. The van der Waals surface area contributed by atoms with E-state index in [0.29, 0.717) is 6.66 Å². The first kappa shape index (κ1) is 15.4. The highest BCUT2D eigenvalue weighted by Gasteiger charge is 2.54. The van der Waals surface area contributed by atoms with Crippen molar-refractivity contribution in [1.29, 1.82) is 0 Å². The predicted octanol–water partition coefficient (Wildman–Crippen LogP) is -0.795. The van der Waals surface area contributed by atoms with Crippen molar-refractivity contribution in [2.45, 2.75) is 11.6 Å². The van der Waals surface area contributed by atoms with Gasteiger partial charge in [-0.15, -0.1) is 0 Å². The number of hydrogen-bond acceptors (Lipinski definition) is 4. The number of aromatic nitrogens is 1. The van der Waals surface area contributed by atoms with E-state index in [1.807, 2.05) is 0 Å². The molecule has 0 aliphatic heterocycles. The van der Waals surface area contributed by atoms with Crippen LogP contribution in [0, 0.1) is 5.82 Å². The van der Waals surface area contributed by atoms with Crippen LogP contribution in [-0.2, 0) is 15.7 Å². The SMILES string of the molecule is CP(=O)(O)C(O)(C[n+]1cccc(F)c1)P(=O)([O-])O. The second-order valence-electron chi connectivity index (χ2n) is 3.87. The van der Waals surface area contributed by atoms with Crippen LogP contribution in [-0.4, -0.2) is 26.6 Å². The zero-order valence-electron chi connectivity index (χ0n) is 9.30. The van der Waals surface area contributed by atoms with Crippen molar-refractivity contribution in [2.24, 2.45) is 0 Å². The summed E-state index contributed by atoms with van der Waals surface area (Å²) < 4.78 is 36.3. The third kappa shape index (κ3) is 3.03. The Morgan fingerprint density at radius 3 is 2.44 bits per heavy atom. The van der Waals surface area contributed by atoms with Crippen molar-refractivity contribution < 1.29 is 37.9 Å². The van der Waals surface area contributed by atoms with Crippen molar-refractivity contribution in [3.05, 3.63) is 30.3 Å². The van der Waals surface area contributed by atoms with Gasteiger partial charge in [0.15, 0.2) is 26.2 Å². The van der Waals surface area contributed by atoms with E-state index in [1.165, 1.54) is 12.3 Å². The minimum atomic E-state index is -5.54. The molecule has 0 aromatic carbocycles. The molecule has 0 bridgehead atoms. The molecule has 1 rings (SSSR count). The third-order valence-corrected chi connectivity index (χ3v) is 6.72. The standard InChI is InChI=1S/C8H12FNO6P2/c1-17(12,13)8(11,18(14,15)16)6-10-4-2-3-7(9)5-10/h2-5,11H,6H2,1H3,(H2-,12,13,14,15,16). The molecule has 1 heterocycles. The maximum Gasteiger partial charge on any atom is 0.263 e. The lowest BCUT2D eigenvalue weighted by Gasteiger charge is -2.35. The first-order chi connectivity index (χ1) is 7.97. The zero-order chi connectivity index (χ0) is 14.2. The summed E-state index contributed by atoms with van der Waals surface area (Å²) in [5.74, 6) is -0.734. The lowest BCUT2D eigenvalue weighted by atomic mass is 10.4. The summed E-state index contributed by atoms with van der Waals surface area (Å²) in [7, 11) is -10.1. The number of hydrogen-bond donors (Lipinski definition) is 3. The quantitative estimate of drug-likeness (QED) is 0.494. The van der Waals surface area contributed by atoms with Gasteiger partial charge in [0.2, 0.25) is 13.6 Å². The summed E-state index contributed by atoms with van der Waals surface area (Å²) in [5, 5.41) is 6.48. The van der Waals surface area contributed by atoms with Gasteiger partial charge in [0.25, 0.3) is 5.08 Å². The van der Waals surface area contributed by atoms with Crippen LogP contribution in [0.3, 0.4) is 0 Å². The second-order valence-corrected chi connectivity index (χ2v) is 8.50. The summed E-state index contributed by atoms with van der Waals surface area (Å²) in [6, 6.07) is 2.27. The van der Waals surface area contributed by atoms with Crippen molar-refractivity contribution >= 4 is 15.0 Å². The average Bonchev–Trinajstić information content (AvgIpc) is 2.13. The van der Waals surface area contributed by atoms with E-state index in [9.17, 15) is 28.4 Å². The van der Waals surface area contributed by atoms with Crippen LogP contribution in [0.25, 0.3) is 0 Å². The van der Waals surface area contributed by atoms with Gasteiger partial charge in [-0.25, -0.2) is 4.39 Å². The monoisotopic (exact) mass is 299 g/mol. The Morgan fingerprint density at radius 1 is 1.50 bits per heavy atom. The molecule has 102 valence electrons. The van der Waals surface area contributed by atoms with Gasteiger partial charge in [0, 0.05) is 12.7 Å². The summed E-state index contributed by atoms with van der Waals surface area (Å²) in [6.07, 6.45) is 2.00. The molecule has 7 nitrogen and oxygen atoms in total. The summed E-state index contributed by atoms with van der Waals surface area (Å²) in [4.78, 5) is 29.3. The molecule has 3 atom stereocenters. The molecule has 0 fully saturated rings. The van der Waals surface area contributed by atoms with E-state index >= 15 is 0 Å². The first-order valence-electron chi connectivity index (χ1n) is 4.68. The number of aliphatic hydroxyl groups is 1. The predicted molar refractivity (Wildman–Crippen MR) is 57.1 cm³/mol. The Bertz CT molecular complexity index is 516. The number of pyridine rings is 1. The topological polar surface area (TPSA) is 122 Å². The Kier molecular flexibility index (Phi) is 4.13. The second kappa shape index (κ2) is 4.81. The van der Waals surface area contributed by atoms with Crippen LogP contribution in [0.15, 0.2) is 24.5 Å². The lowest BCUT2D eigenvalue weighted by Crippen LogP contribution is -2.49. The van der Waals surface area contributed by atoms with Gasteiger partial charge in [-0.05, 0) is 6.07 Å². The molecule has 0 spiro atoms. The van der Waals surface area contributed by atoms with E-state index in [4.69, 9.17) is 4.89 Å². The number of halogens is 1. The van der Waals surface area contributed by atoms with Crippen LogP contribution >= 0.6 is 15.0 Å². The van der Waals surface area contributed by atoms with Gasteiger partial charge in [-0.1, -0.05) is 0 Å². The highest BCUT2D eigenvalue weighted by Crippen LogP contribution is 2.65. The van der Waals surface area contributed by atoms with Crippen molar-refractivity contribution in [1.82, 2.24) is 0 Å². The summed E-state index contributed by atoms with van der Waals surface area (Å²) >= 11 is 0. The van der Waals surface area contributed by atoms with E-state index in [-0.39, 0.29) is 0 Å². The zero-order valence-corrected chi connectivity index (χ0v) is 11.1. The van der Waals surface area contributed by atoms with Crippen LogP contribution in [0.4, 0.5) is 4.39 Å². The molecule has 0 radical (unpaired) electrons. The number of nitrogens with zero attached hydrogens (tertiary/aromatic N) is 1. The van der Waals surface area contributed by atoms with Gasteiger partial charge in [-0.2, -0.15) is 4.57 Å². The Balaban J connectivity index is 3.25. The number of rotatable bonds is 4. The molecule has 0 aliphatic carbocycles. The Hall–Kier alpha value is -0.620. The molecule has 0 aliphatic rings. The summed E-state index contributed by atoms with van der Waals surface area (Å²) in [6.45, 7) is -0.375. The smallest absolute Gasteiger partial charge is 0.263 e. The van der Waals surface area contributed by atoms with Crippen LogP contribution in [0.2, 0.25) is 0 Å². The fourth-order valence-corrected chi connectivity index (χ4v) is 3.93. The normalized spacial score (nSPS) is 21.7. The maximum atomic E-state index is 12.9. The molecular weight excluding hydrogens is 287 g/mol. The van der Waals surface area contributed by atoms with Gasteiger partial charge < -0.3 is 24.4 Å².